The van der Waals surface area contributed by atoms with Crippen molar-refractivity contribution in [3.8, 4) is 0 Å². The van der Waals surface area contributed by atoms with Crippen LogP contribution in [0, 0.1) is 0 Å². The zero-order chi connectivity index (χ0) is 20.5. The molecular weight excluding hydrogens is 433 g/mol. The van der Waals surface area contributed by atoms with E-state index in [2.05, 4.69) is 0 Å². The molecule has 1 saturated heterocycles. The van der Waals surface area contributed by atoms with E-state index in [1.54, 1.807) is 0 Å². The minimum atomic E-state index is -0.431. The summed E-state index contributed by atoms with van der Waals surface area (Å²) in [4.78, 5) is 39.1. The predicted molar refractivity (Wildman–Crippen MR) is 115 cm³/mol. The highest BCUT2D eigenvalue weighted by Gasteiger charge is 2.34. The number of imide groups is 1. The van der Waals surface area contributed by atoms with Gasteiger partial charge in [-0.2, -0.15) is 0 Å². The largest absolute Gasteiger partial charge is 0.462 e. The Kier molecular flexibility index (Phi) is 5.50. The maximum absolute atomic E-state index is 12.8. The zero-order valence-corrected chi connectivity index (χ0v) is 17.2. The molecule has 0 N–H and O–H groups in total. The number of fused-ring (bicyclic) bond motifs is 1. The highest BCUT2D eigenvalue weighted by atomic mass is 35.5. The van der Waals surface area contributed by atoms with Crippen LogP contribution in [0.5, 0.6) is 0 Å². The van der Waals surface area contributed by atoms with Crippen molar-refractivity contribution in [1.29, 1.82) is 0 Å². The molecule has 1 aromatic heterocycles. The van der Waals surface area contributed by atoms with Gasteiger partial charge < -0.3 is 4.42 Å². The van der Waals surface area contributed by atoms with E-state index in [0.29, 0.717) is 11.4 Å². The Balaban J connectivity index is 1.62. The lowest BCUT2D eigenvalue weighted by Crippen LogP contribution is -2.30. The van der Waals surface area contributed by atoms with Gasteiger partial charge in [0.15, 0.2) is 11.0 Å². The summed E-state index contributed by atoms with van der Waals surface area (Å²) in [6.45, 7) is 0.267. The quantitative estimate of drug-likeness (QED) is 0.504. The Labute approximate surface area is 179 Å². The Bertz CT molecular complexity index is 1220. The maximum atomic E-state index is 12.8. The van der Waals surface area contributed by atoms with Crippen molar-refractivity contribution in [2.45, 2.75) is 6.42 Å². The summed E-state index contributed by atoms with van der Waals surface area (Å²) in [5.41, 5.74) is 1.00. The molecule has 1 aliphatic heterocycles. The standard InChI is InChI=1S/C21H13Cl2NO4S/c22-14-9-15-18(25)13(11-28-19(15)16(23)10-14)8-17-20(26)24(21(27)29-17)7-6-12-4-2-1-3-5-12/h1-5,8-11H,6-7H2/b17-8-. The van der Waals surface area contributed by atoms with Crippen LogP contribution < -0.4 is 5.43 Å². The van der Waals surface area contributed by atoms with Crippen LogP contribution in [0.2, 0.25) is 10.0 Å². The van der Waals surface area contributed by atoms with Crippen LogP contribution in [0.1, 0.15) is 11.1 Å². The van der Waals surface area contributed by atoms with Crippen molar-refractivity contribution >= 4 is 63.2 Å². The van der Waals surface area contributed by atoms with Crippen molar-refractivity contribution in [1.82, 2.24) is 4.90 Å². The summed E-state index contributed by atoms with van der Waals surface area (Å²) >= 11 is 12.8. The molecule has 146 valence electrons. The number of amides is 2. The minimum absolute atomic E-state index is 0.143. The number of carbonyl (C=O) groups excluding carboxylic acids is 2. The fourth-order valence-corrected chi connectivity index (χ4v) is 4.39. The lowest BCUT2D eigenvalue weighted by atomic mass is 10.1. The molecule has 0 atom stereocenters. The van der Waals surface area contributed by atoms with Crippen LogP contribution in [0.4, 0.5) is 4.79 Å². The van der Waals surface area contributed by atoms with Gasteiger partial charge in [-0.15, -0.1) is 0 Å². The lowest BCUT2D eigenvalue weighted by Gasteiger charge is -2.12. The number of benzene rings is 2. The predicted octanol–water partition coefficient (Wildman–Crippen LogP) is 5.38. The Morgan fingerprint density at radius 1 is 1.07 bits per heavy atom. The molecule has 2 heterocycles. The number of hydrogen-bond donors (Lipinski definition) is 0. The normalized spacial score (nSPS) is 15.7. The molecule has 3 aromatic rings. The van der Waals surface area contributed by atoms with Crippen molar-refractivity contribution in [2.24, 2.45) is 0 Å². The molecule has 0 aliphatic carbocycles. The van der Waals surface area contributed by atoms with E-state index in [9.17, 15) is 14.4 Å². The van der Waals surface area contributed by atoms with Crippen LogP contribution in [0.3, 0.4) is 0 Å². The number of rotatable bonds is 4. The first-order valence-corrected chi connectivity index (χ1v) is 10.2. The van der Waals surface area contributed by atoms with Gasteiger partial charge in [0.05, 0.1) is 20.9 Å². The Hall–Kier alpha value is -2.54. The van der Waals surface area contributed by atoms with Gasteiger partial charge in [0.2, 0.25) is 0 Å². The van der Waals surface area contributed by atoms with E-state index < -0.39 is 5.91 Å². The molecule has 0 spiro atoms. The number of hydrogen-bond acceptors (Lipinski definition) is 5. The molecule has 29 heavy (non-hydrogen) atoms. The molecule has 8 heteroatoms. The van der Waals surface area contributed by atoms with Gasteiger partial charge in [0, 0.05) is 11.6 Å². The first-order chi connectivity index (χ1) is 13.9. The molecule has 1 fully saturated rings. The minimum Gasteiger partial charge on any atom is -0.462 e. The van der Waals surface area contributed by atoms with Crippen LogP contribution in [-0.4, -0.2) is 22.6 Å². The van der Waals surface area contributed by atoms with E-state index in [4.69, 9.17) is 27.6 Å². The average molecular weight is 446 g/mol. The second-order valence-electron chi connectivity index (χ2n) is 6.35. The summed E-state index contributed by atoms with van der Waals surface area (Å²) in [5.74, 6) is -0.431. The van der Waals surface area contributed by atoms with Gasteiger partial charge in [-0.25, -0.2) is 0 Å². The van der Waals surface area contributed by atoms with Crippen molar-refractivity contribution in [3.63, 3.8) is 0 Å². The fourth-order valence-electron chi connectivity index (χ4n) is 3.00. The highest BCUT2D eigenvalue weighted by molar-refractivity contribution is 8.18. The fraction of sp³-hybridized carbons (Fsp3) is 0.0952. The van der Waals surface area contributed by atoms with E-state index in [1.807, 2.05) is 30.3 Å². The number of thioether (sulfide) groups is 1. The molecule has 1 aliphatic rings. The van der Waals surface area contributed by atoms with E-state index in [0.717, 1.165) is 17.3 Å². The molecule has 0 bridgehead atoms. The Morgan fingerprint density at radius 2 is 1.83 bits per heavy atom. The number of halogens is 2. The first kappa shape index (κ1) is 19.8. The second kappa shape index (κ2) is 8.06. The SMILES string of the molecule is O=C1S/C(=C\c2coc3c(Cl)cc(Cl)cc3c2=O)C(=O)N1CCc1ccccc1. The molecule has 0 radical (unpaired) electrons. The second-order valence-corrected chi connectivity index (χ2v) is 8.19. The van der Waals surface area contributed by atoms with Gasteiger partial charge in [0.25, 0.3) is 11.1 Å². The molecule has 0 saturated carbocycles. The van der Waals surface area contributed by atoms with E-state index >= 15 is 0 Å². The summed E-state index contributed by atoms with van der Waals surface area (Å²) in [6, 6.07) is 12.5. The van der Waals surface area contributed by atoms with Gasteiger partial charge in [0.1, 0.15) is 6.26 Å². The van der Waals surface area contributed by atoms with E-state index in [1.165, 1.54) is 29.4 Å². The zero-order valence-electron chi connectivity index (χ0n) is 14.9. The monoisotopic (exact) mass is 445 g/mol. The number of carbonyl (C=O) groups is 2. The van der Waals surface area contributed by atoms with Crippen molar-refractivity contribution < 1.29 is 14.0 Å². The van der Waals surface area contributed by atoms with Gasteiger partial charge in [-0.05, 0) is 42.0 Å². The van der Waals surface area contributed by atoms with Gasteiger partial charge in [-0.3, -0.25) is 19.3 Å². The molecular formula is C21H13Cl2NO4S. The van der Waals surface area contributed by atoms with Crippen LogP contribution in [0.25, 0.3) is 17.0 Å². The molecule has 2 aromatic carbocycles. The van der Waals surface area contributed by atoms with Crippen LogP contribution in [-0.2, 0) is 11.2 Å². The summed E-state index contributed by atoms with van der Waals surface area (Å²) in [5, 5.41) is 0.360. The molecule has 0 unspecified atom stereocenters. The summed E-state index contributed by atoms with van der Waals surface area (Å²) in [6.07, 6.45) is 3.15. The van der Waals surface area contributed by atoms with E-state index in [-0.39, 0.29) is 43.7 Å². The van der Waals surface area contributed by atoms with Crippen molar-refractivity contribution in [3.05, 3.63) is 85.0 Å². The molecule has 4 rings (SSSR count). The summed E-state index contributed by atoms with van der Waals surface area (Å²) in [7, 11) is 0. The third kappa shape index (κ3) is 3.96. The smallest absolute Gasteiger partial charge is 0.293 e. The molecule has 2 amide bonds. The van der Waals surface area contributed by atoms with Crippen LogP contribution >= 0.6 is 35.0 Å². The highest BCUT2D eigenvalue weighted by Crippen LogP contribution is 2.33. The first-order valence-electron chi connectivity index (χ1n) is 8.64. The summed E-state index contributed by atoms with van der Waals surface area (Å²) < 4.78 is 5.46. The average Bonchev–Trinajstić information content (AvgIpc) is 2.96. The van der Waals surface area contributed by atoms with Crippen LogP contribution in [0.15, 0.2) is 62.8 Å². The van der Waals surface area contributed by atoms with Gasteiger partial charge in [-0.1, -0.05) is 53.5 Å². The van der Waals surface area contributed by atoms with Gasteiger partial charge >= 0.3 is 0 Å². The topological polar surface area (TPSA) is 67.6 Å². The van der Waals surface area contributed by atoms with Crippen molar-refractivity contribution in [2.75, 3.05) is 6.54 Å². The number of nitrogens with zero attached hydrogens (tertiary/aromatic N) is 1. The maximum Gasteiger partial charge on any atom is 0.293 e. The lowest BCUT2D eigenvalue weighted by molar-refractivity contribution is -0.122. The Morgan fingerprint density at radius 3 is 2.59 bits per heavy atom. The molecule has 5 nitrogen and oxygen atoms in total. The third-order valence-corrected chi connectivity index (χ3v) is 5.85. The third-order valence-electron chi connectivity index (χ3n) is 4.45.